The van der Waals surface area contributed by atoms with E-state index in [4.69, 9.17) is 10.7 Å². The van der Waals surface area contributed by atoms with Crippen molar-refractivity contribution in [2.75, 3.05) is 24.7 Å². The summed E-state index contributed by atoms with van der Waals surface area (Å²) in [4.78, 5) is 32.7. The zero-order valence-corrected chi connectivity index (χ0v) is 17.7. The summed E-state index contributed by atoms with van der Waals surface area (Å²) in [6, 6.07) is 15.1. The number of benzene rings is 2. The van der Waals surface area contributed by atoms with Gasteiger partial charge in [0.2, 0.25) is 11.9 Å². The minimum absolute atomic E-state index is 0.110. The van der Waals surface area contributed by atoms with Gasteiger partial charge in [0.1, 0.15) is 5.82 Å². The first-order valence-corrected chi connectivity index (χ1v) is 10.3. The van der Waals surface area contributed by atoms with E-state index in [2.05, 4.69) is 15.0 Å². The topological polar surface area (TPSA) is 103 Å². The SMILES string of the molecule is Cc1ccccc1-n1c(SCc2nc(N)nc(N(C)C)n2)nc2ccccc2c1=O. The summed E-state index contributed by atoms with van der Waals surface area (Å²) in [6.45, 7) is 1.97. The molecule has 0 aliphatic heterocycles. The number of anilines is 2. The van der Waals surface area contributed by atoms with Gasteiger partial charge >= 0.3 is 0 Å². The monoisotopic (exact) mass is 419 g/mol. The predicted molar refractivity (Wildman–Crippen MR) is 120 cm³/mol. The highest BCUT2D eigenvalue weighted by Crippen LogP contribution is 2.25. The van der Waals surface area contributed by atoms with Crippen LogP contribution in [0.3, 0.4) is 0 Å². The molecule has 2 aromatic carbocycles. The summed E-state index contributed by atoms with van der Waals surface area (Å²) in [7, 11) is 3.68. The zero-order chi connectivity index (χ0) is 21.3. The maximum atomic E-state index is 13.4. The number of nitrogens with zero attached hydrogens (tertiary/aromatic N) is 6. The van der Waals surface area contributed by atoms with E-state index in [0.717, 1.165) is 11.3 Å². The van der Waals surface area contributed by atoms with Crippen molar-refractivity contribution in [2.24, 2.45) is 0 Å². The Morgan fingerprint density at radius 1 is 1.00 bits per heavy atom. The maximum Gasteiger partial charge on any atom is 0.266 e. The second-order valence-corrected chi connectivity index (χ2v) is 7.87. The molecule has 0 bridgehead atoms. The largest absolute Gasteiger partial charge is 0.368 e. The van der Waals surface area contributed by atoms with Gasteiger partial charge in [0.15, 0.2) is 5.16 Å². The molecule has 2 N–H and O–H groups in total. The van der Waals surface area contributed by atoms with Crippen molar-refractivity contribution < 1.29 is 0 Å². The quantitative estimate of drug-likeness (QED) is 0.389. The molecule has 8 nitrogen and oxygen atoms in total. The molecule has 0 amide bonds. The number of hydrogen-bond acceptors (Lipinski definition) is 8. The molecular weight excluding hydrogens is 398 g/mol. The Kier molecular flexibility index (Phi) is 5.37. The van der Waals surface area contributed by atoms with Crippen molar-refractivity contribution in [2.45, 2.75) is 17.8 Å². The molecule has 30 heavy (non-hydrogen) atoms. The standard InChI is InChI=1S/C21H21N7OS/c1-13-8-4-7-11-16(13)28-18(29)14-9-5-6-10-15(14)23-21(28)30-12-17-24-19(22)26-20(25-17)27(2)3/h4-11H,12H2,1-3H3,(H2,22,24,25,26). The predicted octanol–water partition coefficient (Wildman–Crippen LogP) is 2.82. The Balaban J connectivity index is 1.82. The number of thioether (sulfide) groups is 1. The van der Waals surface area contributed by atoms with E-state index in [-0.39, 0.29) is 11.5 Å². The number of hydrogen-bond donors (Lipinski definition) is 1. The van der Waals surface area contributed by atoms with Crippen molar-refractivity contribution >= 4 is 34.6 Å². The molecule has 0 radical (unpaired) electrons. The second-order valence-electron chi connectivity index (χ2n) is 6.93. The summed E-state index contributed by atoms with van der Waals surface area (Å²) < 4.78 is 1.65. The molecule has 0 atom stereocenters. The van der Waals surface area contributed by atoms with E-state index in [1.54, 1.807) is 15.5 Å². The van der Waals surface area contributed by atoms with Gasteiger partial charge in [-0.1, -0.05) is 42.1 Å². The highest BCUT2D eigenvalue weighted by atomic mass is 32.2. The average molecular weight is 420 g/mol. The number of fused-ring (bicyclic) bond motifs is 1. The van der Waals surface area contributed by atoms with Crippen LogP contribution >= 0.6 is 11.8 Å². The van der Waals surface area contributed by atoms with Crippen LogP contribution in [-0.2, 0) is 5.75 Å². The summed E-state index contributed by atoms with van der Waals surface area (Å²) in [5.41, 5.74) is 8.16. The van der Waals surface area contributed by atoms with Crippen LogP contribution in [0.5, 0.6) is 0 Å². The van der Waals surface area contributed by atoms with Crippen LogP contribution in [0.1, 0.15) is 11.4 Å². The van der Waals surface area contributed by atoms with E-state index in [1.807, 2.05) is 63.5 Å². The lowest BCUT2D eigenvalue weighted by molar-refractivity contribution is 0.812. The van der Waals surface area contributed by atoms with Crippen molar-refractivity contribution in [1.82, 2.24) is 24.5 Å². The van der Waals surface area contributed by atoms with Gasteiger partial charge in [0.05, 0.1) is 22.3 Å². The lowest BCUT2D eigenvalue weighted by Gasteiger charge is -2.15. The number of nitrogens with two attached hydrogens (primary N) is 1. The molecule has 152 valence electrons. The van der Waals surface area contributed by atoms with E-state index in [1.165, 1.54) is 11.8 Å². The lowest BCUT2D eigenvalue weighted by Crippen LogP contribution is -2.22. The Labute approximate surface area is 177 Å². The van der Waals surface area contributed by atoms with Crippen LogP contribution < -0.4 is 16.2 Å². The molecule has 0 unspecified atom stereocenters. The van der Waals surface area contributed by atoms with Gasteiger partial charge in [0, 0.05) is 14.1 Å². The van der Waals surface area contributed by atoms with Crippen molar-refractivity contribution in [3.63, 3.8) is 0 Å². The van der Waals surface area contributed by atoms with Gasteiger partial charge in [-0.25, -0.2) is 4.98 Å². The Morgan fingerprint density at radius 2 is 1.73 bits per heavy atom. The van der Waals surface area contributed by atoms with Gasteiger partial charge in [-0.05, 0) is 30.7 Å². The van der Waals surface area contributed by atoms with Gasteiger partial charge < -0.3 is 10.6 Å². The first-order valence-electron chi connectivity index (χ1n) is 9.32. The third-order valence-corrected chi connectivity index (χ3v) is 5.45. The molecular formula is C21H21N7OS. The van der Waals surface area contributed by atoms with Crippen LogP contribution in [0.15, 0.2) is 58.5 Å². The molecule has 0 spiro atoms. The van der Waals surface area contributed by atoms with Crippen LogP contribution in [0.25, 0.3) is 16.6 Å². The van der Waals surface area contributed by atoms with Crippen LogP contribution in [0.4, 0.5) is 11.9 Å². The number of nitrogen functional groups attached to an aromatic ring is 1. The van der Waals surface area contributed by atoms with Crippen LogP contribution in [0.2, 0.25) is 0 Å². The van der Waals surface area contributed by atoms with Gasteiger partial charge in [-0.3, -0.25) is 9.36 Å². The molecule has 0 aliphatic carbocycles. The summed E-state index contributed by atoms with van der Waals surface area (Å²) in [5.74, 6) is 1.56. The third-order valence-electron chi connectivity index (χ3n) is 4.52. The summed E-state index contributed by atoms with van der Waals surface area (Å²) in [5, 5.41) is 1.14. The van der Waals surface area contributed by atoms with Crippen molar-refractivity contribution in [1.29, 1.82) is 0 Å². The summed E-state index contributed by atoms with van der Waals surface area (Å²) in [6.07, 6.45) is 0. The summed E-state index contributed by atoms with van der Waals surface area (Å²) >= 11 is 1.39. The second kappa shape index (κ2) is 8.11. The minimum atomic E-state index is -0.110. The molecule has 0 saturated carbocycles. The van der Waals surface area contributed by atoms with Gasteiger partial charge in [-0.15, -0.1) is 0 Å². The number of aryl methyl sites for hydroxylation is 1. The molecule has 9 heteroatoms. The number of aromatic nitrogens is 5. The molecule has 0 aliphatic rings. The van der Waals surface area contributed by atoms with Crippen molar-refractivity contribution in [3.05, 3.63) is 70.3 Å². The Bertz CT molecular complexity index is 1290. The fourth-order valence-corrected chi connectivity index (χ4v) is 3.92. The first-order chi connectivity index (χ1) is 14.4. The molecule has 2 heterocycles. The fraction of sp³-hybridized carbons (Fsp3) is 0.190. The number of rotatable bonds is 5. The zero-order valence-electron chi connectivity index (χ0n) is 16.9. The van der Waals surface area contributed by atoms with Crippen LogP contribution in [0, 0.1) is 6.92 Å². The fourth-order valence-electron chi connectivity index (χ4n) is 3.05. The van der Waals surface area contributed by atoms with Crippen molar-refractivity contribution in [3.8, 4) is 5.69 Å². The van der Waals surface area contributed by atoms with Gasteiger partial charge in [-0.2, -0.15) is 15.0 Å². The third kappa shape index (κ3) is 3.84. The molecule has 4 aromatic rings. The normalized spacial score (nSPS) is 11.0. The average Bonchev–Trinajstić information content (AvgIpc) is 2.73. The minimum Gasteiger partial charge on any atom is -0.368 e. The van der Waals surface area contributed by atoms with E-state index in [9.17, 15) is 4.79 Å². The highest BCUT2D eigenvalue weighted by Gasteiger charge is 2.16. The van der Waals surface area contributed by atoms with E-state index >= 15 is 0 Å². The lowest BCUT2D eigenvalue weighted by atomic mass is 10.2. The number of para-hydroxylation sites is 2. The molecule has 0 fully saturated rings. The first kappa shape index (κ1) is 19.8. The molecule has 2 aromatic heterocycles. The maximum absolute atomic E-state index is 13.4. The van der Waals surface area contributed by atoms with E-state index in [0.29, 0.717) is 33.6 Å². The van der Waals surface area contributed by atoms with E-state index < -0.39 is 0 Å². The Hall–Kier alpha value is -3.46. The smallest absolute Gasteiger partial charge is 0.266 e. The molecule has 4 rings (SSSR count). The van der Waals surface area contributed by atoms with Crippen LogP contribution in [-0.4, -0.2) is 38.6 Å². The van der Waals surface area contributed by atoms with Gasteiger partial charge in [0.25, 0.3) is 5.56 Å². The highest BCUT2D eigenvalue weighted by molar-refractivity contribution is 7.98. The Morgan fingerprint density at radius 3 is 2.50 bits per heavy atom. The molecule has 0 saturated heterocycles.